The predicted octanol–water partition coefficient (Wildman–Crippen LogP) is 1.07. The van der Waals surface area contributed by atoms with Crippen LogP contribution in [0.2, 0.25) is 0 Å². The number of ether oxygens (including phenoxy) is 1. The number of alkyl halides is 3. The van der Waals surface area contributed by atoms with Gasteiger partial charge >= 0.3 is 11.9 Å². The van der Waals surface area contributed by atoms with Crippen LogP contribution in [0.1, 0.15) is 15.9 Å². The summed E-state index contributed by atoms with van der Waals surface area (Å²) in [5.74, 6) is -3.38. The van der Waals surface area contributed by atoms with Crippen molar-refractivity contribution >= 4 is 17.6 Å². The lowest BCUT2D eigenvalue weighted by molar-refractivity contribution is -0.196. The summed E-state index contributed by atoms with van der Waals surface area (Å²) in [6, 6.07) is 8.03. The summed E-state index contributed by atoms with van der Waals surface area (Å²) in [6.45, 7) is 0. The average molecular weight is 461 g/mol. The van der Waals surface area contributed by atoms with Crippen LogP contribution in [0.3, 0.4) is 0 Å². The van der Waals surface area contributed by atoms with Crippen LogP contribution in [0, 0.1) is 0 Å². The van der Waals surface area contributed by atoms with Gasteiger partial charge in [-0.2, -0.15) is 13.2 Å². The lowest BCUT2D eigenvalue weighted by Gasteiger charge is -2.30. The van der Waals surface area contributed by atoms with Gasteiger partial charge in [0, 0.05) is 12.4 Å². The van der Waals surface area contributed by atoms with Gasteiger partial charge in [0.05, 0.1) is 18.4 Å². The van der Waals surface area contributed by atoms with Crippen LogP contribution in [0.25, 0.3) is 5.69 Å². The number of carbonyl (C=O) groups excluding carboxylic acids is 2. The summed E-state index contributed by atoms with van der Waals surface area (Å²) in [6.07, 6.45) is -3.16. The molecule has 0 bridgehead atoms. The topological polar surface area (TPSA) is 135 Å². The van der Waals surface area contributed by atoms with E-state index in [0.29, 0.717) is 10.3 Å². The number of fused-ring (bicyclic) bond motifs is 1. The fourth-order valence-electron chi connectivity index (χ4n) is 3.50. The van der Waals surface area contributed by atoms with E-state index in [0.717, 1.165) is 6.20 Å². The van der Waals surface area contributed by atoms with Crippen LogP contribution in [0.5, 0.6) is 5.75 Å². The third-order valence-corrected chi connectivity index (χ3v) is 5.04. The van der Waals surface area contributed by atoms with E-state index in [4.69, 9.17) is 4.74 Å². The number of benzene rings is 1. The number of aromatic nitrogens is 3. The van der Waals surface area contributed by atoms with Crippen LogP contribution in [-0.2, 0) is 10.3 Å². The molecule has 0 spiro atoms. The third-order valence-electron chi connectivity index (χ3n) is 5.04. The lowest BCUT2D eigenvalue weighted by atomic mass is 9.91. The van der Waals surface area contributed by atoms with Gasteiger partial charge in [0.2, 0.25) is 0 Å². The van der Waals surface area contributed by atoms with Crippen LogP contribution in [0.4, 0.5) is 19.0 Å². The number of H-pyrrole nitrogens is 1. The molecule has 2 aromatic heterocycles. The molecule has 13 heteroatoms. The summed E-state index contributed by atoms with van der Waals surface area (Å²) in [5.41, 5.74) is -7.76. The van der Waals surface area contributed by atoms with Crippen molar-refractivity contribution in [3.8, 4) is 11.4 Å². The van der Waals surface area contributed by atoms with Crippen LogP contribution < -0.4 is 26.6 Å². The van der Waals surface area contributed by atoms with E-state index >= 15 is 0 Å². The SMILES string of the molecule is COc1ccc(-n2c3c(c(=O)[nH]c2=O)C(NC(=O)c2cccnc2)(C(F)(F)F)C(=O)N3)cc1. The molecule has 1 unspecified atom stereocenters. The Morgan fingerprint density at radius 2 is 1.85 bits per heavy atom. The van der Waals surface area contributed by atoms with Gasteiger partial charge in [-0.05, 0) is 36.4 Å². The number of hydrogen-bond donors (Lipinski definition) is 3. The van der Waals surface area contributed by atoms with E-state index in [1.165, 1.54) is 49.7 Å². The second-order valence-electron chi connectivity index (χ2n) is 6.91. The number of nitrogens with zero attached hydrogens (tertiary/aromatic N) is 2. The first kappa shape index (κ1) is 21.8. The van der Waals surface area contributed by atoms with Crippen molar-refractivity contribution in [1.82, 2.24) is 19.9 Å². The summed E-state index contributed by atoms with van der Waals surface area (Å²) < 4.78 is 48.9. The molecule has 2 amide bonds. The van der Waals surface area contributed by atoms with Crippen molar-refractivity contribution in [2.24, 2.45) is 0 Å². The maximum Gasteiger partial charge on any atom is 0.425 e. The van der Waals surface area contributed by atoms with Crippen molar-refractivity contribution in [3.05, 3.63) is 80.8 Å². The van der Waals surface area contributed by atoms with Gasteiger partial charge < -0.3 is 15.4 Å². The van der Waals surface area contributed by atoms with Gasteiger partial charge in [-0.3, -0.25) is 24.4 Å². The fraction of sp³-hybridized carbons (Fsp3) is 0.150. The fourth-order valence-corrected chi connectivity index (χ4v) is 3.50. The smallest absolute Gasteiger partial charge is 0.425 e. The minimum Gasteiger partial charge on any atom is -0.497 e. The minimum atomic E-state index is -5.45. The average Bonchev–Trinajstić information content (AvgIpc) is 3.07. The zero-order valence-corrected chi connectivity index (χ0v) is 16.7. The second kappa shape index (κ2) is 7.62. The van der Waals surface area contributed by atoms with E-state index in [1.807, 2.05) is 5.32 Å². The van der Waals surface area contributed by atoms with Crippen molar-refractivity contribution in [1.29, 1.82) is 0 Å². The van der Waals surface area contributed by atoms with E-state index in [-0.39, 0.29) is 11.3 Å². The molecule has 4 rings (SSSR count). The zero-order chi connectivity index (χ0) is 24.0. The zero-order valence-electron chi connectivity index (χ0n) is 16.7. The number of methoxy groups -OCH3 is 1. The molecule has 0 aliphatic carbocycles. The molecular weight excluding hydrogens is 447 g/mol. The molecule has 10 nitrogen and oxygen atoms in total. The van der Waals surface area contributed by atoms with Gasteiger partial charge in [0.1, 0.15) is 17.1 Å². The maximum atomic E-state index is 14.4. The molecule has 3 aromatic rings. The quantitative estimate of drug-likeness (QED) is 0.532. The Morgan fingerprint density at radius 1 is 1.15 bits per heavy atom. The first-order valence-electron chi connectivity index (χ1n) is 9.25. The number of carbonyl (C=O) groups is 2. The standard InChI is InChI=1S/C20H14F3N5O5/c1-33-12-6-4-11(5-7-12)28-14-13(16(30)26-18(28)32)19(17(31)25-14,20(21,22)23)27-15(29)10-3-2-8-24-9-10/h2-9H,1H3,(H,25,31)(H,27,29)(H,26,30,32). The first-order valence-corrected chi connectivity index (χ1v) is 9.25. The van der Waals surface area contributed by atoms with Crippen molar-refractivity contribution in [2.75, 3.05) is 12.4 Å². The third kappa shape index (κ3) is 3.33. The molecule has 1 aromatic carbocycles. The molecule has 0 radical (unpaired) electrons. The Hall–Kier alpha value is -4.42. The second-order valence-corrected chi connectivity index (χ2v) is 6.91. The van der Waals surface area contributed by atoms with Gasteiger partial charge in [-0.25, -0.2) is 9.36 Å². The number of nitrogens with one attached hydrogen (secondary N) is 3. The highest BCUT2D eigenvalue weighted by Crippen LogP contribution is 2.45. The summed E-state index contributed by atoms with van der Waals surface area (Å²) in [5, 5.41) is 3.59. The van der Waals surface area contributed by atoms with Crippen molar-refractivity contribution in [3.63, 3.8) is 0 Å². The number of amides is 2. The monoisotopic (exact) mass is 461 g/mol. The van der Waals surface area contributed by atoms with Gasteiger partial charge in [0.15, 0.2) is 0 Å². The number of pyridine rings is 1. The van der Waals surface area contributed by atoms with Gasteiger partial charge in [-0.15, -0.1) is 0 Å². The normalized spacial score (nSPS) is 17.3. The summed E-state index contributed by atoms with van der Waals surface area (Å²) >= 11 is 0. The predicted molar refractivity (Wildman–Crippen MR) is 107 cm³/mol. The molecule has 1 aliphatic heterocycles. The number of halogens is 3. The molecule has 1 atom stereocenters. The van der Waals surface area contributed by atoms with Gasteiger partial charge in [-0.1, -0.05) is 0 Å². The summed E-state index contributed by atoms with van der Waals surface area (Å²) in [4.78, 5) is 55.9. The molecule has 0 saturated heterocycles. The number of rotatable bonds is 4. The van der Waals surface area contributed by atoms with Crippen LogP contribution >= 0.6 is 0 Å². The largest absolute Gasteiger partial charge is 0.497 e. The molecule has 3 heterocycles. The van der Waals surface area contributed by atoms with E-state index in [1.54, 1.807) is 10.3 Å². The maximum absolute atomic E-state index is 14.4. The Morgan fingerprint density at radius 3 is 2.42 bits per heavy atom. The molecule has 0 saturated carbocycles. The Labute approximate surface area is 182 Å². The molecule has 1 aliphatic rings. The van der Waals surface area contributed by atoms with E-state index < -0.39 is 46.2 Å². The molecule has 3 N–H and O–H groups in total. The number of anilines is 1. The van der Waals surface area contributed by atoms with Crippen molar-refractivity contribution in [2.45, 2.75) is 11.7 Å². The Balaban J connectivity index is 1.96. The number of hydrogen-bond acceptors (Lipinski definition) is 6. The van der Waals surface area contributed by atoms with Crippen LogP contribution in [-0.4, -0.2) is 39.6 Å². The van der Waals surface area contributed by atoms with Crippen molar-refractivity contribution < 1.29 is 27.5 Å². The highest BCUT2D eigenvalue weighted by Gasteiger charge is 2.68. The molecule has 0 fully saturated rings. The highest BCUT2D eigenvalue weighted by molar-refractivity contribution is 6.09. The lowest BCUT2D eigenvalue weighted by Crippen LogP contribution is -2.62. The first-order chi connectivity index (χ1) is 15.6. The van der Waals surface area contributed by atoms with E-state index in [2.05, 4.69) is 4.98 Å². The Bertz CT molecular complexity index is 1370. The molecule has 33 heavy (non-hydrogen) atoms. The Kier molecular flexibility index (Phi) is 5.03. The molecular formula is C20H14F3N5O5. The highest BCUT2D eigenvalue weighted by atomic mass is 19.4. The van der Waals surface area contributed by atoms with Gasteiger partial charge in [0.25, 0.3) is 22.9 Å². The van der Waals surface area contributed by atoms with Crippen LogP contribution in [0.15, 0.2) is 58.4 Å². The summed E-state index contributed by atoms with van der Waals surface area (Å²) in [7, 11) is 1.39. The van der Waals surface area contributed by atoms with E-state index in [9.17, 15) is 32.3 Å². The minimum absolute atomic E-state index is 0.0326. The number of aromatic amines is 1. The molecule has 170 valence electrons.